The van der Waals surface area contributed by atoms with E-state index < -0.39 is 5.97 Å². The second-order valence-corrected chi connectivity index (χ2v) is 5.68. The van der Waals surface area contributed by atoms with E-state index in [1.165, 1.54) is 7.11 Å². The summed E-state index contributed by atoms with van der Waals surface area (Å²) in [6.45, 7) is 0. The molecule has 0 radical (unpaired) electrons. The maximum absolute atomic E-state index is 12.3. The van der Waals surface area contributed by atoms with Crippen LogP contribution in [0.4, 0.5) is 0 Å². The largest absolute Gasteiger partial charge is 0.497 e. The van der Waals surface area contributed by atoms with Gasteiger partial charge in [-0.3, -0.25) is 0 Å². The van der Waals surface area contributed by atoms with E-state index >= 15 is 0 Å². The summed E-state index contributed by atoms with van der Waals surface area (Å²) in [5, 5.41) is 0. The third-order valence-electron chi connectivity index (χ3n) is 4.11. The molecular formula is C21H20O6. The Bertz CT molecular complexity index is 884. The van der Waals surface area contributed by atoms with E-state index in [1.54, 1.807) is 45.6 Å². The number of methoxy groups -OCH3 is 4. The van der Waals surface area contributed by atoms with Crippen molar-refractivity contribution < 1.29 is 28.5 Å². The number of esters is 1. The number of ether oxygens (including phenoxy) is 5. The molecule has 140 valence electrons. The fourth-order valence-corrected chi connectivity index (χ4v) is 2.75. The lowest BCUT2D eigenvalue weighted by Gasteiger charge is -2.12. The number of carbonyl (C=O) groups excluding carboxylic acids is 1. The quantitative estimate of drug-likeness (QED) is 0.572. The van der Waals surface area contributed by atoms with Crippen molar-refractivity contribution in [2.45, 2.75) is 0 Å². The lowest BCUT2D eigenvalue weighted by atomic mass is 10.1. The Hall–Kier alpha value is -3.41. The molecule has 2 aromatic carbocycles. The Morgan fingerprint density at radius 3 is 2.00 bits per heavy atom. The molecule has 1 aliphatic heterocycles. The zero-order valence-electron chi connectivity index (χ0n) is 15.6. The van der Waals surface area contributed by atoms with Crippen LogP contribution in [0.1, 0.15) is 11.1 Å². The summed E-state index contributed by atoms with van der Waals surface area (Å²) >= 11 is 0. The fraction of sp³-hybridized carbons (Fsp3) is 0.190. The van der Waals surface area contributed by atoms with Crippen molar-refractivity contribution in [2.24, 2.45) is 0 Å². The topological polar surface area (TPSA) is 63.2 Å². The molecule has 1 aliphatic rings. The second-order valence-electron chi connectivity index (χ2n) is 5.68. The number of hydrogen-bond acceptors (Lipinski definition) is 6. The first-order valence-electron chi connectivity index (χ1n) is 8.19. The van der Waals surface area contributed by atoms with Crippen LogP contribution in [0.2, 0.25) is 0 Å². The maximum atomic E-state index is 12.3. The summed E-state index contributed by atoms with van der Waals surface area (Å²) in [5.41, 5.74) is 1.94. The van der Waals surface area contributed by atoms with Gasteiger partial charge in [0.2, 0.25) is 5.75 Å². The van der Waals surface area contributed by atoms with E-state index in [4.69, 9.17) is 23.7 Å². The van der Waals surface area contributed by atoms with E-state index in [2.05, 4.69) is 0 Å². The van der Waals surface area contributed by atoms with Crippen LogP contribution in [-0.2, 0) is 9.53 Å². The van der Waals surface area contributed by atoms with Gasteiger partial charge in [0.05, 0.1) is 34.0 Å². The van der Waals surface area contributed by atoms with Crippen molar-refractivity contribution in [3.63, 3.8) is 0 Å². The van der Waals surface area contributed by atoms with Crippen LogP contribution in [-0.4, -0.2) is 34.4 Å². The number of benzene rings is 2. The van der Waals surface area contributed by atoms with Gasteiger partial charge in [-0.25, -0.2) is 4.79 Å². The Morgan fingerprint density at radius 2 is 1.48 bits per heavy atom. The minimum atomic E-state index is -0.422. The van der Waals surface area contributed by atoms with Gasteiger partial charge in [-0.05, 0) is 54.1 Å². The van der Waals surface area contributed by atoms with Crippen molar-refractivity contribution in [3.05, 3.63) is 59.2 Å². The van der Waals surface area contributed by atoms with Crippen LogP contribution in [0.3, 0.4) is 0 Å². The highest BCUT2D eigenvalue weighted by Crippen LogP contribution is 2.39. The minimum Gasteiger partial charge on any atom is -0.497 e. The van der Waals surface area contributed by atoms with Crippen molar-refractivity contribution in [1.82, 2.24) is 0 Å². The van der Waals surface area contributed by atoms with E-state index in [1.807, 2.05) is 24.3 Å². The monoisotopic (exact) mass is 368 g/mol. The molecule has 27 heavy (non-hydrogen) atoms. The van der Waals surface area contributed by atoms with Crippen molar-refractivity contribution in [2.75, 3.05) is 28.4 Å². The summed E-state index contributed by atoms with van der Waals surface area (Å²) in [6, 6.07) is 10.8. The maximum Gasteiger partial charge on any atom is 0.343 e. The van der Waals surface area contributed by atoms with Gasteiger partial charge in [0.15, 0.2) is 11.5 Å². The summed E-state index contributed by atoms with van der Waals surface area (Å²) in [7, 11) is 6.22. The summed E-state index contributed by atoms with van der Waals surface area (Å²) in [6.07, 6.45) is 3.41. The first-order valence-corrected chi connectivity index (χ1v) is 8.19. The van der Waals surface area contributed by atoms with Gasteiger partial charge in [-0.2, -0.15) is 0 Å². The number of hydrogen-bond donors (Lipinski definition) is 0. The van der Waals surface area contributed by atoms with Crippen LogP contribution in [0.5, 0.6) is 23.0 Å². The van der Waals surface area contributed by atoms with E-state index in [9.17, 15) is 4.79 Å². The predicted molar refractivity (Wildman–Crippen MR) is 101 cm³/mol. The highest BCUT2D eigenvalue weighted by atomic mass is 16.5. The molecule has 0 unspecified atom stereocenters. The Morgan fingerprint density at radius 1 is 0.852 bits per heavy atom. The average Bonchev–Trinajstić information content (AvgIpc) is 3.07. The van der Waals surface area contributed by atoms with Gasteiger partial charge in [0.1, 0.15) is 11.5 Å². The Labute approximate surface area is 157 Å². The van der Waals surface area contributed by atoms with Gasteiger partial charge >= 0.3 is 5.97 Å². The van der Waals surface area contributed by atoms with E-state index in [0.29, 0.717) is 28.6 Å². The summed E-state index contributed by atoms with van der Waals surface area (Å²) in [5.74, 6) is 2.31. The Balaban J connectivity index is 1.96. The van der Waals surface area contributed by atoms with Crippen molar-refractivity contribution in [1.29, 1.82) is 0 Å². The van der Waals surface area contributed by atoms with E-state index in [0.717, 1.165) is 16.9 Å². The third kappa shape index (κ3) is 3.74. The van der Waals surface area contributed by atoms with Gasteiger partial charge in [0.25, 0.3) is 0 Å². The van der Waals surface area contributed by atoms with Crippen molar-refractivity contribution >= 4 is 17.8 Å². The molecule has 0 amide bonds. The minimum absolute atomic E-state index is 0.422. The molecule has 1 heterocycles. The molecule has 0 bridgehead atoms. The first kappa shape index (κ1) is 18.4. The Kier molecular flexibility index (Phi) is 5.35. The number of cyclic esters (lactones) is 1. The lowest BCUT2D eigenvalue weighted by Crippen LogP contribution is -1.98. The smallest absolute Gasteiger partial charge is 0.343 e. The summed E-state index contributed by atoms with van der Waals surface area (Å²) in [4.78, 5) is 12.3. The number of carbonyl (C=O) groups is 1. The molecule has 6 nitrogen and oxygen atoms in total. The lowest BCUT2D eigenvalue weighted by molar-refractivity contribution is -0.130. The number of rotatable bonds is 6. The standard InChI is InChI=1S/C21H20O6/c1-23-16-7-5-14(6-8-16)17-12-15(21(22)27-17)9-13-10-18(24-2)20(26-4)19(11-13)25-3/h5-12H,1-4H3. The second kappa shape index (κ2) is 7.86. The molecular weight excluding hydrogens is 348 g/mol. The molecule has 2 aromatic rings. The molecule has 0 spiro atoms. The zero-order chi connectivity index (χ0) is 19.4. The molecule has 0 aromatic heterocycles. The molecule has 0 saturated heterocycles. The molecule has 6 heteroatoms. The highest BCUT2D eigenvalue weighted by Gasteiger charge is 2.22. The molecule has 0 N–H and O–H groups in total. The van der Waals surface area contributed by atoms with Gasteiger partial charge in [-0.15, -0.1) is 0 Å². The molecule has 0 atom stereocenters. The summed E-state index contributed by atoms with van der Waals surface area (Å²) < 4.78 is 26.5. The van der Waals surface area contributed by atoms with Crippen molar-refractivity contribution in [3.8, 4) is 23.0 Å². The van der Waals surface area contributed by atoms with Gasteiger partial charge < -0.3 is 23.7 Å². The van der Waals surface area contributed by atoms with Crippen LogP contribution in [0.15, 0.2) is 48.0 Å². The van der Waals surface area contributed by atoms with E-state index in [-0.39, 0.29) is 0 Å². The average molecular weight is 368 g/mol. The third-order valence-corrected chi connectivity index (χ3v) is 4.11. The normalized spacial score (nSPS) is 14.6. The zero-order valence-corrected chi connectivity index (χ0v) is 15.6. The first-order chi connectivity index (χ1) is 13.1. The van der Waals surface area contributed by atoms with Crippen LogP contribution in [0, 0.1) is 0 Å². The molecule has 0 aliphatic carbocycles. The van der Waals surface area contributed by atoms with Gasteiger partial charge in [0, 0.05) is 5.56 Å². The molecule has 3 rings (SSSR count). The van der Waals surface area contributed by atoms with Crippen LogP contribution >= 0.6 is 0 Å². The predicted octanol–water partition coefficient (Wildman–Crippen LogP) is 3.70. The highest BCUT2D eigenvalue weighted by molar-refractivity contribution is 6.05. The van der Waals surface area contributed by atoms with Crippen LogP contribution in [0.25, 0.3) is 11.8 Å². The fourth-order valence-electron chi connectivity index (χ4n) is 2.75. The van der Waals surface area contributed by atoms with Gasteiger partial charge in [-0.1, -0.05) is 0 Å². The molecule has 0 saturated carbocycles. The SMILES string of the molecule is COc1ccc(C2=CC(=Cc3cc(OC)c(OC)c(OC)c3)C(=O)O2)cc1. The molecule has 0 fully saturated rings. The van der Waals surface area contributed by atoms with Crippen LogP contribution < -0.4 is 18.9 Å².